The van der Waals surface area contributed by atoms with Crippen LogP contribution in [0.1, 0.15) is 11.3 Å². The first kappa shape index (κ1) is 10.5. The molecule has 0 aliphatic rings. The van der Waals surface area contributed by atoms with Crippen LogP contribution in [0.2, 0.25) is 0 Å². The van der Waals surface area contributed by atoms with Crippen molar-refractivity contribution in [2.45, 2.75) is 6.61 Å². The minimum Gasteiger partial charge on any atom is -0.483 e. The number of fused-ring (bicyclic) bond motifs is 1. The summed E-state index contributed by atoms with van der Waals surface area (Å²) in [6, 6.07) is 11.2. The lowest BCUT2D eigenvalue weighted by atomic mass is 10.2. The molecule has 0 atom stereocenters. The Morgan fingerprint density at radius 3 is 2.89 bits per heavy atom. The fourth-order valence-electron chi connectivity index (χ4n) is 1.77. The molecule has 0 saturated carbocycles. The molecule has 2 aromatic heterocycles. The van der Waals surface area contributed by atoms with Crippen molar-refractivity contribution in [3.63, 3.8) is 0 Å². The third kappa shape index (κ3) is 1.72. The quantitative estimate of drug-likeness (QED) is 0.702. The number of ether oxygens (including phenoxy) is 1. The first-order valence-corrected chi connectivity index (χ1v) is 5.44. The summed E-state index contributed by atoms with van der Waals surface area (Å²) in [7, 11) is 0. The first-order valence-electron chi connectivity index (χ1n) is 5.44. The van der Waals surface area contributed by atoms with Gasteiger partial charge < -0.3 is 13.6 Å². The molecule has 0 bridgehead atoms. The number of para-hydroxylation sites is 1. The number of furan rings is 2. The second-order valence-corrected chi connectivity index (χ2v) is 3.79. The molecule has 0 amide bonds. The fourth-order valence-corrected chi connectivity index (χ4v) is 1.77. The Morgan fingerprint density at radius 2 is 2.11 bits per heavy atom. The van der Waals surface area contributed by atoms with Gasteiger partial charge in [-0.15, -0.1) is 0 Å². The molecule has 1 aromatic carbocycles. The smallest absolute Gasteiger partial charge is 0.246 e. The zero-order chi connectivity index (χ0) is 12.4. The molecule has 0 aliphatic carbocycles. The Morgan fingerprint density at radius 1 is 1.22 bits per heavy atom. The molecular weight excluding hydrogens is 230 g/mol. The SMILES string of the molecule is N#Cc1oc2ccccc2c1OCc1ccoc1. The summed E-state index contributed by atoms with van der Waals surface area (Å²) in [5.74, 6) is 0.675. The van der Waals surface area contributed by atoms with Gasteiger partial charge in [0, 0.05) is 5.56 Å². The summed E-state index contributed by atoms with van der Waals surface area (Å²) in [5.41, 5.74) is 1.56. The van der Waals surface area contributed by atoms with Crippen molar-refractivity contribution in [2.75, 3.05) is 0 Å². The predicted octanol–water partition coefficient (Wildman–Crippen LogP) is 3.48. The van der Waals surface area contributed by atoms with E-state index in [-0.39, 0.29) is 5.76 Å². The number of benzene rings is 1. The summed E-state index contributed by atoms with van der Waals surface area (Å²) >= 11 is 0. The molecule has 0 radical (unpaired) electrons. The van der Waals surface area contributed by atoms with E-state index >= 15 is 0 Å². The van der Waals surface area contributed by atoms with Crippen LogP contribution in [0.25, 0.3) is 11.0 Å². The average Bonchev–Trinajstić information content (AvgIpc) is 3.03. The van der Waals surface area contributed by atoms with E-state index in [0.29, 0.717) is 17.9 Å². The molecule has 3 rings (SSSR count). The molecular formula is C14H9NO3. The normalized spacial score (nSPS) is 10.4. The maximum Gasteiger partial charge on any atom is 0.246 e. The van der Waals surface area contributed by atoms with E-state index in [1.54, 1.807) is 18.6 Å². The summed E-state index contributed by atoms with van der Waals surface area (Å²) in [4.78, 5) is 0. The van der Waals surface area contributed by atoms with E-state index in [9.17, 15) is 0 Å². The average molecular weight is 239 g/mol. The van der Waals surface area contributed by atoms with E-state index in [2.05, 4.69) is 0 Å². The van der Waals surface area contributed by atoms with Crippen molar-refractivity contribution in [2.24, 2.45) is 0 Å². The van der Waals surface area contributed by atoms with Gasteiger partial charge in [-0.25, -0.2) is 0 Å². The van der Waals surface area contributed by atoms with Gasteiger partial charge in [0.1, 0.15) is 18.3 Å². The van der Waals surface area contributed by atoms with Gasteiger partial charge in [0.25, 0.3) is 0 Å². The van der Waals surface area contributed by atoms with Gasteiger partial charge >= 0.3 is 0 Å². The molecule has 0 N–H and O–H groups in total. The maximum atomic E-state index is 9.03. The van der Waals surface area contributed by atoms with Gasteiger partial charge in [-0.05, 0) is 18.2 Å². The molecule has 2 heterocycles. The Balaban J connectivity index is 1.97. The number of hydrogen-bond acceptors (Lipinski definition) is 4. The van der Waals surface area contributed by atoms with Crippen molar-refractivity contribution in [3.05, 3.63) is 54.2 Å². The first-order chi connectivity index (χ1) is 8.88. The van der Waals surface area contributed by atoms with Crippen LogP contribution in [0.4, 0.5) is 0 Å². The topological polar surface area (TPSA) is 59.3 Å². The van der Waals surface area contributed by atoms with Crippen LogP contribution in [-0.4, -0.2) is 0 Å². The Labute approximate surface area is 103 Å². The fraction of sp³-hybridized carbons (Fsp3) is 0.0714. The van der Waals surface area contributed by atoms with Crippen LogP contribution in [0, 0.1) is 11.3 Å². The van der Waals surface area contributed by atoms with Crippen LogP contribution in [-0.2, 0) is 6.61 Å². The highest BCUT2D eigenvalue weighted by atomic mass is 16.5. The number of nitriles is 1. The van der Waals surface area contributed by atoms with Gasteiger partial charge in [-0.1, -0.05) is 12.1 Å². The lowest BCUT2D eigenvalue weighted by Gasteiger charge is -2.01. The highest BCUT2D eigenvalue weighted by Gasteiger charge is 2.15. The van der Waals surface area contributed by atoms with E-state index in [1.165, 1.54) is 0 Å². The van der Waals surface area contributed by atoms with Gasteiger partial charge in [0.2, 0.25) is 5.76 Å². The van der Waals surface area contributed by atoms with Gasteiger partial charge in [-0.3, -0.25) is 0 Å². The summed E-state index contributed by atoms with van der Waals surface area (Å²) in [6.07, 6.45) is 3.19. The number of hydrogen-bond donors (Lipinski definition) is 0. The molecule has 4 heteroatoms. The number of rotatable bonds is 3. The van der Waals surface area contributed by atoms with Gasteiger partial charge in [-0.2, -0.15) is 5.26 Å². The molecule has 88 valence electrons. The van der Waals surface area contributed by atoms with Crippen LogP contribution in [0.3, 0.4) is 0 Å². The van der Waals surface area contributed by atoms with Crippen molar-refractivity contribution in [3.8, 4) is 11.8 Å². The zero-order valence-corrected chi connectivity index (χ0v) is 9.42. The molecule has 0 spiro atoms. The molecule has 0 fully saturated rings. The third-order valence-electron chi connectivity index (χ3n) is 2.61. The second kappa shape index (κ2) is 4.30. The monoisotopic (exact) mass is 239 g/mol. The molecule has 0 aliphatic heterocycles. The standard InChI is InChI=1S/C14H9NO3/c15-7-13-14(17-9-10-5-6-16-8-10)11-3-1-2-4-12(11)18-13/h1-6,8H,9H2. The molecule has 0 unspecified atom stereocenters. The summed E-state index contributed by atoms with van der Waals surface area (Å²) in [5, 5.41) is 9.84. The maximum absolute atomic E-state index is 9.03. The minimum atomic E-state index is 0.194. The van der Waals surface area contributed by atoms with Crippen LogP contribution in [0.5, 0.6) is 5.75 Å². The second-order valence-electron chi connectivity index (χ2n) is 3.79. The van der Waals surface area contributed by atoms with E-state index in [4.69, 9.17) is 18.8 Å². The van der Waals surface area contributed by atoms with Crippen molar-refractivity contribution in [1.82, 2.24) is 0 Å². The molecule has 4 nitrogen and oxygen atoms in total. The lowest BCUT2D eigenvalue weighted by Crippen LogP contribution is -1.94. The summed E-state index contributed by atoms with van der Waals surface area (Å²) < 4.78 is 16.0. The highest BCUT2D eigenvalue weighted by molar-refractivity contribution is 5.86. The van der Waals surface area contributed by atoms with E-state index in [1.807, 2.05) is 30.3 Å². The Bertz CT molecular complexity index is 704. The molecule has 18 heavy (non-hydrogen) atoms. The largest absolute Gasteiger partial charge is 0.483 e. The number of nitrogens with zero attached hydrogens (tertiary/aromatic N) is 1. The van der Waals surface area contributed by atoms with Gasteiger partial charge in [0.15, 0.2) is 5.75 Å². The molecule has 3 aromatic rings. The molecule has 0 saturated heterocycles. The van der Waals surface area contributed by atoms with Crippen molar-refractivity contribution < 1.29 is 13.6 Å². The van der Waals surface area contributed by atoms with E-state index in [0.717, 1.165) is 10.9 Å². The van der Waals surface area contributed by atoms with Crippen molar-refractivity contribution >= 4 is 11.0 Å². The lowest BCUT2D eigenvalue weighted by molar-refractivity contribution is 0.302. The Kier molecular flexibility index (Phi) is 2.50. The van der Waals surface area contributed by atoms with Crippen LogP contribution < -0.4 is 4.74 Å². The Hall–Kier alpha value is -2.67. The summed E-state index contributed by atoms with van der Waals surface area (Å²) in [6.45, 7) is 0.342. The van der Waals surface area contributed by atoms with Gasteiger partial charge in [0.05, 0.1) is 17.9 Å². The minimum absolute atomic E-state index is 0.194. The van der Waals surface area contributed by atoms with Crippen LogP contribution >= 0.6 is 0 Å². The predicted molar refractivity (Wildman–Crippen MR) is 64.0 cm³/mol. The third-order valence-corrected chi connectivity index (χ3v) is 2.61. The van der Waals surface area contributed by atoms with E-state index < -0.39 is 0 Å². The highest BCUT2D eigenvalue weighted by Crippen LogP contribution is 2.32. The van der Waals surface area contributed by atoms with Crippen LogP contribution in [0.15, 0.2) is 51.7 Å². The zero-order valence-electron chi connectivity index (χ0n) is 9.42. The van der Waals surface area contributed by atoms with Crippen molar-refractivity contribution in [1.29, 1.82) is 5.26 Å².